The maximum absolute atomic E-state index is 13.2. The molecule has 11 heteroatoms. The van der Waals surface area contributed by atoms with E-state index in [0.717, 1.165) is 0 Å². The van der Waals surface area contributed by atoms with Crippen molar-refractivity contribution < 1.29 is 33.0 Å². The van der Waals surface area contributed by atoms with Crippen molar-refractivity contribution in [2.24, 2.45) is 0 Å². The van der Waals surface area contributed by atoms with Crippen LogP contribution in [0.3, 0.4) is 0 Å². The summed E-state index contributed by atoms with van der Waals surface area (Å²) in [4.78, 5) is 36.5. The van der Waals surface area contributed by atoms with Gasteiger partial charge >= 0.3 is 5.97 Å². The summed E-state index contributed by atoms with van der Waals surface area (Å²) in [5, 5.41) is 9.27. The van der Waals surface area contributed by atoms with Crippen molar-refractivity contribution in [3.05, 3.63) is 65.6 Å². The fourth-order valence-electron chi connectivity index (χ4n) is 2.98. The number of esters is 1. The van der Waals surface area contributed by atoms with Gasteiger partial charge in [0.05, 0.1) is 25.6 Å². The first-order valence-electron chi connectivity index (χ1n) is 10.1. The topological polar surface area (TPSA) is 121 Å². The molecule has 0 aliphatic carbocycles. The maximum Gasteiger partial charge on any atom is 0.325 e. The van der Waals surface area contributed by atoms with Crippen molar-refractivity contribution in [2.75, 3.05) is 32.7 Å². The summed E-state index contributed by atoms with van der Waals surface area (Å²) in [5.74, 6) is -1.18. The minimum absolute atomic E-state index is 0.257. The molecule has 0 bridgehead atoms. The molecular weight excluding hydrogens is 447 g/mol. The molecule has 2 amide bonds. The lowest BCUT2D eigenvalue weighted by Gasteiger charge is -2.11. The number of nitrogens with one attached hydrogen (secondary N) is 2. The third kappa shape index (κ3) is 6.09. The zero-order valence-electron chi connectivity index (χ0n) is 18.8. The minimum Gasteiger partial charge on any atom is -0.493 e. The van der Waals surface area contributed by atoms with Crippen LogP contribution in [0.15, 0.2) is 48.5 Å². The Morgan fingerprint density at radius 3 is 2.38 bits per heavy atom. The van der Waals surface area contributed by atoms with Gasteiger partial charge in [-0.05, 0) is 49.4 Å². The van der Waals surface area contributed by atoms with Crippen molar-refractivity contribution in [3.8, 4) is 17.2 Å². The Labute approximate surface area is 194 Å². The molecule has 0 radical (unpaired) electrons. The fraction of sp³-hybridized carbons (Fsp3) is 0.217. The van der Waals surface area contributed by atoms with E-state index in [1.54, 1.807) is 19.1 Å². The third-order valence-corrected chi connectivity index (χ3v) is 4.57. The van der Waals surface area contributed by atoms with Gasteiger partial charge in [0.2, 0.25) is 0 Å². The lowest BCUT2D eigenvalue weighted by Crippen LogP contribution is -2.32. The van der Waals surface area contributed by atoms with Crippen molar-refractivity contribution in [1.29, 1.82) is 0 Å². The van der Waals surface area contributed by atoms with Crippen LogP contribution in [0, 0.1) is 12.7 Å². The van der Waals surface area contributed by atoms with Gasteiger partial charge < -0.3 is 24.8 Å². The zero-order valence-corrected chi connectivity index (χ0v) is 18.8. The first-order chi connectivity index (χ1) is 16.3. The molecule has 178 valence electrons. The van der Waals surface area contributed by atoms with Crippen LogP contribution in [0.4, 0.5) is 10.2 Å². The Morgan fingerprint density at radius 1 is 1.00 bits per heavy atom. The smallest absolute Gasteiger partial charge is 0.325 e. The number of carbonyl (C=O) groups excluding carboxylic acids is 3. The van der Waals surface area contributed by atoms with Crippen molar-refractivity contribution in [1.82, 2.24) is 15.1 Å². The number of anilines is 1. The lowest BCUT2D eigenvalue weighted by atomic mass is 10.2. The second kappa shape index (κ2) is 10.9. The van der Waals surface area contributed by atoms with Crippen molar-refractivity contribution in [2.45, 2.75) is 6.92 Å². The molecule has 0 saturated carbocycles. The Bertz CT molecular complexity index is 1190. The highest BCUT2D eigenvalue weighted by Crippen LogP contribution is 2.27. The number of ether oxygens (including phenoxy) is 3. The van der Waals surface area contributed by atoms with E-state index in [0.29, 0.717) is 28.7 Å². The van der Waals surface area contributed by atoms with Gasteiger partial charge in [-0.15, -0.1) is 0 Å². The molecule has 2 aromatic carbocycles. The van der Waals surface area contributed by atoms with Gasteiger partial charge in [-0.25, -0.2) is 9.07 Å². The Kier molecular flexibility index (Phi) is 7.80. The second-order valence-electron chi connectivity index (χ2n) is 7.02. The Morgan fingerprint density at radius 2 is 1.71 bits per heavy atom. The van der Waals surface area contributed by atoms with Gasteiger partial charge in [0.1, 0.15) is 18.2 Å². The van der Waals surface area contributed by atoms with E-state index in [1.165, 1.54) is 55.3 Å². The zero-order chi connectivity index (χ0) is 24.7. The van der Waals surface area contributed by atoms with Crippen LogP contribution >= 0.6 is 0 Å². The second-order valence-corrected chi connectivity index (χ2v) is 7.02. The summed E-state index contributed by atoms with van der Waals surface area (Å²) >= 11 is 0. The number of carbonyl (C=O) groups is 3. The highest BCUT2D eigenvalue weighted by molar-refractivity contribution is 5.97. The van der Waals surface area contributed by atoms with E-state index in [2.05, 4.69) is 15.7 Å². The van der Waals surface area contributed by atoms with Crippen LogP contribution in [0.1, 0.15) is 16.1 Å². The molecule has 0 fully saturated rings. The van der Waals surface area contributed by atoms with Gasteiger partial charge in [0, 0.05) is 11.6 Å². The van der Waals surface area contributed by atoms with Crippen LogP contribution < -0.4 is 20.1 Å². The molecule has 1 heterocycles. The highest BCUT2D eigenvalue weighted by atomic mass is 19.1. The molecule has 10 nitrogen and oxygen atoms in total. The summed E-state index contributed by atoms with van der Waals surface area (Å²) in [5.41, 5.74) is 1.42. The van der Waals surface area contributed by atoms with Crippen LogP contribution in [-0.2, 0) is 14.3 Å². The number of methoxy groups -OCH3 is 2. The molecule has 0 spiro atoms. The number of aryl methyl sites for hydroxylation is 1. The minimum atomic E-state index is -0.799. The Balaban J connectivity index is 1.51. The number of hydrogen-bond donors (Lipinski definition) is 2. The number of aromatic nitrogens is 2. The molecule has 3 rings (SSSR count). The molecule has 0 atom stereocenters. The Hall–Kier alpha value is -4.41. The molecule has 0 saturated heterocycles. The largest absolute Gasteiger partial charge is 0.493 e. The first-order valence-corrected chi connectivity index (χ1v) is 10.1. The average molecular weight is 470 g/mol. The summed E-state index contributed by atoms with van der Waals surface area (Å²) < 4.78 is 29.8. The van der Waals surface area contributed by atoms with E-state index in [9.17, 15) is 18.8 Å². The summed E-state index contributed by atoms with van der Waals surface area (Å²) in [7, 11) is 2.91. The maximum atomic E-state index is 13.2. The van der Waals surface area contributed by atoms with E-state index in [-0.39, 0.29) is 5.56 Å². The molecule has 1 aromatic heterocycles. The fourth-order valence-corrected chi connectivity index (χ4v) is 2.98. The monoisotopic (exact) mass is 470 g/mol. The van der Waals surface area contributed by atoms with Gasteiger partial charge in [0.25, 0.3) is 11.8 Å². The van der Waals surface area contributed by atoms with Gasteiger partial charge in [0.15, 0.2) is 18.1 Å². The number of benzene rings is 2. The SMILES string of the molecule is COc1ccc(C(=O)NCC(=O)OCC(=O)Nc2cc(C)nn2-c2ccc(F)cc2)cc1OC. The molecular formula is C23H23FN4O6. The lowest BCUT2D eigenvalue weighted by molar-refractivity contribution is -0.146. The van der Waals surface area contributed by atoms with Crippen LogP contribution in [0.25, 0.3) is 5.69 Å². The number of nitrogens with zero attached hydrogens (tertiary/aromatic N) is 2. The quantitative estimate of drug-likeness (QED) is 0.460. The van der Waals surface area contributed by atoms with Gasteiger partial charge in [-0.2, -0.15) is 5.10 Å². The predicted molar refractivity (Wildman–Crippen MR) is 120 cm³/mol. The van der Waals surface area contributed by atoms with E-state index in [1.807, 2.05) is 0 Å². The molecule has 0 aliphatic heterocycles. The summed E-state index contributed by atoms with van der Waals surface area (Å²) in [6.45, 7) is 0.725. The van der Waals surface area contributed by atoms with Crippen molar-refractivity contribution >= 4 is 23.6 Å². The van der Waals surface area contributed by atoms with Crippen LogP contribution in [-0.4, -0.2) is 54.9 Å². The summed E-state index contributed by atoms with van der Waals surface area (Å²) in [6, 6.07) is 11.7. The number of amides is 2. The average Bonchev–Trinajstić information content (AvgIpc) is 3.20. The molecule has 0 unspecified atom stereocenters. The molecule has 2 N–H and O–H groups in total. The standard InChI is InChI=1S/C23H23FN4O6/c1-14-10-20(28(27-14)17-7-5-16(24)6-8-17)26-21(29)13-34-22(30)12-25-23(31)15-4-9-18(32-2)19(11-15)33-3/h4-11H,12-13H2,1-3H3,(H,25,31)(H,26,29). The third-order valence-electron chi connectivity index (χ3n) is 4.57. The summed E-state index contributed by atoms with van der Waals surface area (Å²) in [6.07, 6.45) is 0. The number of hydrogen-bond acceptors (Lipinski definition) is 7. The number of halogens is 1. The molecule has 0 aliphatic rings. The highest BCUT2D eigenvalue weighted by Gasteiger charge is 2.15. The van der Waals surface area contributed by atoms with E-state index >= 15 is 0 Å². The predicted octanol–water partition coefficient (Wildman–Crippen LogP) is 2.25. The number of rotatable bonds is 9. The van der Waals surface area contributed by atoms with Crippen molar-refractivity contribution in [3.63, 3.8) is 0 Å². The normalized spacial score (nSPS) is 10.4. The van der Waals surface area contributed by atoms with Gasteiger partial charge in [-0.3, -0.25) is 14.4 Å². The first kappa shape index (κ1) is 24.2. The van der Waals surface area contributed by atoms with E-state index < -0.39 is 36.8 Å². The van der Waals surface area contributed by atoms with E-state index in [4.69, 9.17) is 14.2 Å². The molecule has 34 heavy (non-hydrogen) atoms. The van der Waals surface area contributed by atoms with Gasteiger partial charge in [-0.1, -0.05) is 0 Å². The molecule has 3 aromatic rings. The van der Waals surface area contributed by atoms with Crippen LogP contribution in [0.5, 0.6) is 11.5 Å². The van der Waals surface area contributed by atoms with Crippen LogP contribution in [0.2, 0.25) is 0 Å².